The van der Waals surface area contributed by atoms with Gasteiger partial charge in [0.25, 0.3) is 5.91 Å². The number of nitrogens with zero attached hydrogens (tertiary/aromatic N) is 6. The Hall–Kier alpha value is -3.32. The van der Waals surface area contributed by atoms with Crippen molar-refractivity contribution < 1.29 is 14.3 Å². The summed E-state index contributed by atoms with van der Waals surface area (Å²) in [6.07, 6.45) is 2.97. The summed E-state index contributed by atoms with van der Waals surface area (Å²) in [6.45, 7) is 6.88. The molecule has 14 heteroatoms. The zero-order valence-corrected chi connectivity index (χ0v) is 24.5. The molecule has 1 amide bonds. The molecule has 1 aromatic carbocycles. The Morgan fingerprint density at radius 1 is 1.17 bits per heavy atom. The van der Waals surface area contributed by atoms with E-state index >= 15 is 0 Å². The number of halogens is 2. The number of carbonyl (C=O) groups excluding carboxylic acids is 1. The van der Waals surface area contributed by atoms with Crippen LogP contribution in [0.1, 0.15) is 42.2 Å². The third-order valence-electron chi connectivity index (χ3n) is 8.12. The topological polar surface area (TPSA) is 160 Å². The summed E-state index contributed by atoms with van der Waals surface area (Å²) in [4.78, 5) is 39.0. The van der Waals surface area contributed by atoms with Crippen LogP contribution in [0.3, 0.4) is 0 Å². The van der Waals surface area contributed by atoms with Crippen molar-refractivity contribution in [2.75, 3.05) is 43.4 Å². The van der Waals surface area contributed by atoms with Crippen molar-refractivity contribution in [1.82, 2.24) is 24.3 Å². The number of nitrogens with two attached hydrogens (primary N) is 2. The van der Waals surface area contributed by atoms with Crippen LogP contribution < -0.4 is 22.1 Å². The van der Waals surface area contributed by atoms with Crippen LogP contribution in [-0.4, -0.2) is 80.2 Å². The van der Waals surface area contributed by atoms with E-state index in [1.807, 2.05) is 12.1 Å². The number of rotatable bonds is 7. The lowest BCUT2D eigenvalue weighted by Gasteiger charge is -2.47. The monoisotopic (exact) mass is 604 g/mol. The fraction of sp³-hybridized carbons (Fsp3) is 0.481. The minimum absolute atomic E-state index is 0.0202. The van der Waals surface area contributed by atoms with Crippen LogP contribution in [0.5, 0.6) is 5.88 Å². The molecule has 2 aromatic heterocycles. The van der Waals surface area contributed by atoms with E-state index in [4.69, 9.17) is 39.1 Å². The number of amides is 1. The Morgan fingerprint density at radius 2 is 1.90 bits per heavy atom. The number of aromatic nitrogens is 3. The standard InChI is InChI=1S/C27H34Cl2N8O4/c1-3-17-14-36(25-22(29)32-20(24(31)38)23(30)33-25)10-11-37(17)18-6-8-35(9-7-18)13-15-4-5-16(28)12-19(15)21-26(39)34(2)27(40)41-21/h4-5,12,17-18,39H,3,6-11,13-14H2,1-2H3,(H2,30,33)(H2,31,38)/t17-/m0/s1. The molecule has 0 saturated carbocycles. The molecule has 2 saturated heterocycles. The molecule has 1 atom stereocenters. The number of piperidine rings is 1. The van der Waals surface area contributed by atoms with Gasteiger partial charge < -0.3 is 25.9 Å². The second-order valence-corrected chi connectivity index (χ2v) is 11.4. The first-order valence-corrected chi connectivity index (χ1v) is 14.4. The van der Waals surface area contributed by atoms with Crippen molar-refractivity contribution in [2.24, 2.45) is 12.8 Å². The number of benzene rings is 1. The van der Waals surface area contributed by atoms with Crippen LogP contribution in [0.15, 0.2) is 27.4 Å². The largest absolute Gasteiger partial charge is 0.492 e. The van der Waals surface area contributed by atoms with E-state index in [-0.39, 0.29) is 28.3 Å². The third-order valence-corrected chi connectivity index (χ3v) is 8.61. The van der Waals surface area contributed by atoms with Crippen LogP contribution >= 0.6 is 23.2 Å². The number of anilines is 2. The number of piperazine rings is 1. The van der Waals surface area contributed by atoms with Gasteiger partial charge in [0.15, 0.2) is 22.5 Å². The third kappa shape index (κ3) is 5.87. The minimum Gasteiger partial charge on any atom is -0.492 e. The summed E-state index contributed by atoms with van der Waals surface area (Å²) in [6, 6.07) is 6.17. The lowest BCUT2D eigenvalue weighted by atomic mass is 9.97. The zero-order chi connectivity index (χ0) is 29.4. The van der Waals surface area contributed by atoms with Gasteiger partial charge in [0.2, 0.25) is 11.6 Å². The zero-order valence-electron chi connectivity index (χ0n) is 23.0. The molecule has 5 N–H and O–H groups in total. The molecule has 41 heavy (non-hydrogen) atoms. The average molecular weight is 606 g/mol. The lowest BCUT2D eigenvalue weighted by Crippen LogP contribution is -2.58. The first kappa shape index (κ1) is 29.2. The van der Waals surface area contributed by atoms with E-state index in [0.29, 0.717) is 41.6 Å². The van der Waals surface area contributed by atoms with E-state index < -0.39 is 11.7 Å². The molecule has 220 valence electrons. The minimum atomic E-state index is -0.761. The maximum atomic E-state index is 12.0. The molecule has 4 heterocycles. The van der Waals surface area contributed by atoms with Gasteiger partial charge in [0.05, 0.1) is 0 Å². The van der Waals surface area contributed by atoms with Gasteiger partial charge in [-0.15, -0.1) is 0 Å². The maximum absolute atomic E-state index is 12.0. The van der Waals surface area contributed by atoms with Gasteiger partial charge in [-0.05, 0) is 50.0 Å². The molecular formula is C27H34Cl2N8O4. The summed E-state index contributed by atoms with van der Waals surface area (Å²) in [5, 5.41) is 11.1. The number of likely N-dealkylation sites (tertiary alicyclic amines) is 1. The van der Waals surface area contributed by atoms with Crippen LogP contribution in [-0.2, 0) is 13.6 Å². The fourth-order valence-electron chi connectivity index (χ4n) is 5.87. The second kappa shape index (κ2) is 11.9. The number of nitrogen functional groups attached to an aromatic ring is 1. The van der Waals surface area contributed by atoms with Crippen LogP contribution in [0, 0.1) is 0 Å². The van der Waals surface area contributed by atoms with Crippen molar-refractivity contribution in [3.05, 3.63) is 50.2 Å². The van der Waals surface area contributed by atoms with Gasteiger partial charge in [0.1, 0.15) is 0 Å². The number of primary amides is 1. The van der Waals surface area contributed by atoms with Crippen molar-refractivity contribution in [1.29, 1.82) is 0 Å². The molecular weight excluding hydrogens is 571 g/mol. The van der Waals surface area contributed by atoms with Gasteiger partial charge in [0, 0.05) is 55.9 Å². The Bertz CT molecular complexity index is 1500. The molecule has 2 aliphatic rings. The second-order valence-electron chi connectivity index (χ2n) is 10.6. The predicted molar refractivity (Wildman–Crippen MR) is 157 cm³/mol. The normalized spacial score (nSPS) is 19.1. The molecule has 0 bridgehead atoms. The molecule has 12 nitrogen and oxygen atoms in total. The van der Waals surface area contributed by atoms with Crippen molar-refractivity contribution >= 4 is 40.7 Å². The summed E-state index contributed by atoms with van der Waals surface area (Å²) in [7, 11) is 1.46. The molecule has 3 aromatic rings. The first-order chi connectivity index (χ1) is 19.6. The highest BCUT2D eigenvalue weighted by Crippen LogP contribution is 2.34. The first-order valence-electron chi connectivity index (χ1n) is 13.6. The van der Waals surface area contributed by atoms with Crippen molar-refractivity contribution in [3.63, 3.8) is 0 Å². The van der Waals surface area contributed by atoms with Gasteiger partial charge in [-0.2, -0.15) is 0 Å². The van der Waals surface area contributed by atoms with E-state index in [9.17, 15) is 14.7 Å². The predicted octanol–water partition coefficient (Wildman–Crippen LogP) is 2.69. The van der Waals surface area contributed by atoms with Gasteiger partial charge in [-0.3, -0.25) is 14.6 Å². The highest BCUT2D eigenvalue weighted by Gasteiger charge is 2.34. The lowest BCUT2D eigenvalue weighted by molar-refractivity contribution is 0.0611. The summed E-state index contributed by atoms with van der Waals surface area (Å²) in [5.74, 6) is -1.03. The Morgan fingerprint density at radius 3 is 2.54 bits per heavy atom. The molecule has 0 radical (unpaired) electrons. The SMILES string of the molecule is CC[C@H]1CN(c2nc(N)c(C(N)=O)nc2Cl)CCN1C1CCN(Cc2ccc(Cl)cc2-c2oc(=O)n(C)c2O)CC1. The van der Waals surface area contributed by atoms with Gasteiger partial charge in [-0.25, -0.2) is 19.3 Å². The van der Waals surface area contributed by atoms with E-state index in [1.54, 1.807) is 6.07 Å². The number of carbonyl (C=O) groups is 1. The number of hydrogen-bond donors (Lipinski definition) is 3. The van der Waals surface area contributed by atoms with Gasteiger partial charge >= 0.3 is 5.76 Å². The molecule has 0 aliphatic carbocycles. The number of oxazole rings is 1. The average Bonchev–Trinajstić information content (AvgIpc) is 3.22. The van der Waals surface area contributed by atoms with E-state index in [0.717, 1.165) is 55.6 Å². The van der Waals surface area contributed by atoms with Crippen LogP contribution in [0.25, 0.3) is 11.3 Å². The van der Waals surface area contributed by atoms with E-state index in [1.165, 1.54) is 7.05 Å². The summed E-state index contributed by atoms with van der Waals surface area (Å²) in [5.41, 5.74) is 12.7. The number of aromatic hydroxyl groups is 1. The highest BCUT2D eigenvalue weighted by molar-refractivity contribution is 6.32. The summed E-state index contributed by atoms with van der Waals surface area (Å²) < 4.78 is 6.40. The number of hydrogen-bond acceptors (Lipinski definition) is 10. The van der Waals surface area contributed by atoms with Gasteiger partial charge in [-0.1, -0.05) is 36.2 Å². The molecule has 0 spiro atoms. The smallest absolute Gasteiger partial charge is 0.422 e. The van der Waals surface area contributed by atoms with Crippen molar-refractivity contribution in [2.45, 2.75) is 44.8 Å². The summed E-state index contributed by atoms with van der Waals surface area (Å²) >= 11 is 12.6. The quantitative estimate of drug-likeness (QED) is 0.365. The molecule has 2 aliphatic heterocycles. The van der Waals surface area contributed by atoms with E-state index in [2.05, 4.69) is 31.6 Å². The molecule has 2 fully saturated rings. The van der Waals surface area contributed by atoms with Crippen LogP contribution in [0.4, 0.5) is 11.6 Å². The Balaban J connectivity index is 1.24. The highest BCUT2D eigenvalue weighted by atomic mass is 35.5. The maximum Gasteiger partial charge on any atom is 0.422 e. The molecule has 5 rings (SSSR count). The molecule has 0 unspecified atom stereocenters. The van der Waals surface area contributed by atoms with Crippen molar-refractivity contribution in [3.8, 4) is 17.2 Å². The fourth-order valence-corrected chi connectivity index (χ4v) is 6.29. The van der Waals surface area contributed by atoms with Crippen LogP contribution in [0.2, 0.25) is 10.2 Å². The Kier molecular flexibility index (Phi) is 8.46. The Labute approximate surface area is 247 Å².